The Morgan fingerprint density at radius 2 is 1.00 bits per heavy atom. The maximum absolute atomic E-state index is 6.04. The largest absolute Gasteiger partial charge is 0.383 e. The van der Waals surface area contributed by atoms with E-state index in [4.69, 9.17) is 9.47 Å². The van der Waals surface area contributed by atoms with Crippen molar-refractivity contribution in [1.29, 1.82) is 0 Å². The third kappa shape index (κ3) is 0.693. The predicted molar refractivity (Wildman–Crippen MR) is 79.3 cm³/mol. The van der Waals surface area contributed by atoms with Crippen molar-refractivity contribution in [3.8, 4) is 0 Å². The molecule has 0 radical (unpaired) electrons. The van der Waals surface area contributed by atoms with Crippen LogP contribution < -0.4 is 0 Å². The minimum absolute atomic E-state index is 0.0309. The van der Waals surface area contributed by atoms with Gasteiger partial charge in [-0.15, -0.1) is 0 Å². The number of hydrogen-bond donors (Lipinski definition) is 0. The van der Waals surface area contributed by atoms with Crippen LogP contribution in [0.4, 0.5) is 0 Å². The van der Waals surface area contributed by atoms with E-state index in [9.17, 15) is 0 Å². The molecule has 0 amide bonds. The smallest absolute Gasteiger partial charge is 0.135 e. The molecule has 2 nitrogen and oxygen atoms in total. The molecule has 0 bridgehead atoms. The zero-order valence-electron chi connectivity index (χ0n) is 10.9. The van der Waals surface area contributed by atoms with Crippen molar-refractivity contribution in [3.05, 3.63) is 0 Å². The molecule has 2 spiro atoms. The average Bonchev–Trinajstić information content (AvgIpc) is 2.84. The van der Waals surface area contributed by atoms with Crippen LogP contribution in [0, 0.1) is 0 Å². The van der Waals surface area contributed by atoms with E-state index < -0.39 is 0 Å². The van der Waals surface area contributed by atoms with E-state index in [0.29, 0.717) is 5.82 Å². The van der Waals surface area contributed by atoms with Gasteiger partial charge in [-0.3, -0.25) is 0 Å². The van der Waals surface area contributed by atoms with Gasteiger partial charge < -0.3 is 9.47 Å². The summed E-state index contributed by atoms with van der Waals surface area (Å²) < 4.78 is 12.1. The highest BCUT2D eigenvalue weighted by Crippen LogP contribution is 2.86. The quantitative estimate of drug-likeness (QED) is 0.283. The molecular formula is C6H15B7O2. The van der Waals surface area contributed by atoms with Gasteiger partial charge in [0.1, 0.15) is 54.9 Å². The van der Waals surface area contributed by atoms with E-state index >= 15 is 0 Å². The molecule has 3 rings (SSSR count). The predicted octanol–water partition coefficient (Wildman–Crippen LogP) is -6.82. The van der Waals surface area contributed by atoms with E-state index in [-0.39, 0.29) is 27.2 Å². The highest BCUT2D eigenvalue weighted by molar-refractivity contribution is 6.55. The monoisotopic (exact) mass is 196 g/mol. The van der Waals surface area contributed by atoms with Gasteiger partial charge in [0.05, 0.1) is 11.2 Å². The molecule has 2 unspecified atom stereocenters. The van der Waals surface area contributed by atoms with E-state index in [1.54, 1.807) is 0 Å². The number of epoxide rings is 2. The SMILES string of the molecule is BC1C2(OC2(B)B)C(B)(B)C12OC2(B)B. The van der Waals surface area contributed by atoms with Gasteiger partial charge in [0.15, 0.2) is 0 Å². The summed E-state index contributed by atoms with van der Waals surface area (Å²) >= 11 is 0. The molecule has 1 saturated carbocycles. The van der Waals surface area contributed by atoms with Crippen LogP contribution in [0.5, 0.6) is 0 Å². The molecule has 2 saturated heterocycles. The van der Waals surface area contributed by atoms with Crippen LogP contribution in [0.3, 0.4) is 0 Å². The summed E-state index contributed by atoms with van der Waals surface area (Å²) in [4.78, 5) is 0. The third-order valence-electron chi connectivity index (χ3n) is 5.61. The van der Waals surface area contributed by atoms with Crippen molar-refractivity contribution < 1.29 is 9.47 Å². The fourth-order valence-corrected chi connectivity index (χ4v) is 5.30. The second-order valence-corrected chi connectivity index (χ2v) is 7.04. The molecule has 15 heavy (non-hydrogen) atoms. The highest BCUT2D eigenvalue weighted by atomic mass is 16.7. The van der Waals surface area contributed by atoms with Crippen LogP contribution in [0.15, 0.2) is 0 Å². The Labute approximate surface area is 97.8 Å². The lowest BCUT2D eigenvalue weighted by Crippen LogP contribution is -2.69. The van der Waals surface area contributed by atoms with E-state index in [1.807, 2.05) is 0 Å². The van der Waals surface area contributed by atoms with E-state index in [2.05, 4.69) is 54.9 Å². The Hall–Kier alpha value is 0.375. The van der Waals surface area contributed by atoms with Crippen LogP contribution in [-0.2, 0) is 9.47 Å². The van der Waals surface area contributed by atoms with Crippen molar-refractivity contribution >= 4 is 54.9 Å². The van der Waals surface area contributed by atoms with Crippen LogP contribution in [-0.4, -0.2) is 76.9 Å². The molecule has 72 valence electrons. The maximum Gasteiger partial charge on any atom is 0.135 e. The average molecular weight is 195 g/mol. The molecule has 0 N–H and O–H groups in total. The van der Waals surface area contributed by atoms with Crippen molar-refractivity contribution in [1.82, 2.24) is 0 Å². The molecule has 9 heteroatoms. The summed E-state index contributed by atoms with van der Waals surface area (Å²) in [6.45, 7) is 0. The molecule has 3 aliphatic rings. The van der Waals surface area contributed by atoms with Crippen LogP contribution in [0.2, 0.25) is 11.0 Å². The molecule has 0 aromatic rings. The Morgan fingerprint density at radius 1 is 0.733 bits per heavy atom. The standard InChI is InChI=1S/C6H15B7O2/c7-1-2(5(10,11)14-2)4(8,9)3(1)6(12,13)15-3/h1H,7-13H2. The topological polar surface area (TPSA) is 25.1 Å². The van der Waals surface area contributed by atoms with Crippen molar-refractivity contribution in [2.75, 3.05) is 0 Å². The van der Waals surface area contributed by atoms with Crippen molar-refractivity contribution in [2.24, 2.45) is 0 Å². The summed E-state index contributed by atoms with van der Waals surface area (Å²) in [5, 5.41) is 0.193. The zero-order valence-corrected chi connectivity index (χ0v) is 10.9. The van der Waals surface area contributed by atoms with E-state index in [1.165, 1.54) is 0 Å². The summed E-state index contributed by atoms with van der Waals surface area (Å²) in [7, 11) is 15.7. The summed E-state index contributed by atoms with van der Waals surface area (Å²) in [6.07, 6.45) is 0. The van der Waals surface area contributed by atoms with Gasteiger partial charge in [-0.1, -0.05) is 0 Å². The molecule has 2 atom stereocenters. The first kappa shape index (κ1) is 10.5. The Balaban J connectivity index is 2.03. The Morgan fingerprint density at radius 3 is 1.13 bits per heavy atom. The summed E-state index contributed by atoms with van der Waals surface area (Å²) in [6, 6.07) is 0. The van der Waals surface area contributed by atoms with Gasteiger partial charge in [0, 0.05) is 10.8 Å². The van der Waals surface area contributed by atoms with Crippen molar-refractivity contribution in [2.45, 2.75) is 33.0 Å². The zero-order chi connectivity index (χ0) is 11.5. The molecule has 3 fully saturated rings. The Bertz CT molecular complexity index is 336. The minimum atomic E-state index is 0.0309. The Kier molecular flexibility index (Phi) is 1.44. The molecule has 1 aliphatic carbocycles. The number of hydrogen-bond acceptors (Lipinski definition) is 2. The molecule has 2 heterocycles. The third-order valence-corrected chi connectivity index (χ3v) is 5.61. The lowest BCUT2D eigenvalue weighted by atomic mass is 9.19. The number of ether oxygens (including phenoxy) is 2. The first-order valence-corrected chi connectivity index (χ1v) is 5.97. The van der Waals surface area contributed by atoms with Gasteiger partial charge >= 0.3 is 0 Å². The second kappa shape index (κ2) is 2.05. The second-order valence-electron chi connectivity index (χ2n) is 7.04. The van der Waals surface area contributed by atoms with Crippen LogP contribution in [0.1, 0.15) is 0 Å². The fourth-order valence-electron chi connectivity index (χ4n) is 5.30. The maximum atomic E-state index is 6.04. The highest BCUT2D eigenvalue weighted by Gasteiger charge is 2.94. The van der Waals surface area contributed by atoms with Gasteiger partial charge in [-0.25, -0.2) is 0 Å². The molecular weight excluding hydrogens is 180 g/mol. The van der Waals surface area contributed by atoms with Gasteiger partial charge in [0.2, 0.25) is 0 Å². The van der Waals surface area contributed by atoms with Crippen LogP contribution in [0.25, 0.3) is 0 Å². The molecule has 0 aromatic carbocycles. The minimum Gasteiger partial charge on any atom is -0.383 e. The molecule has 0 aromatic heterocycles. The summed E-state index contributed by atoms with van der Waals surface area (Å²) in [5.74, 6) is 0.505. The number of rotatable bonds is 0. The molecule has 2 aliphatic heterocycles. The first-order chi connectivity index (χ1) is 6.57. The van der Waals surface area contributed by atoms with Gasteiger partial charge in [0.25, 0.3) is 0 Å². The lowest BCUT2D eigenvalue weighted by molar-refractivity contribution is 0.0631. The van der Waals surface area contributed by atoms with Crippen molar-refractivity contribution in [3.63, 3.8) is 0 Å². The normalized spacial score (nSPS) is 56.1. The van der Waals surface area contributed by atoms with Gasteiger partial charge in [-0.05, 0) is 11.0 Å². The fraction of sp³-hybridized carbons (Fsp3) is 1.00. The van der Waals surface area contributed by atoms with Gasteiger partial charge in [-0.2, -0.15) is 0 Å². The van der Waals surface area contributed by atoms with E-state index in [0.717, 1.165) is 0 Å². The summed E-state index contributed by atoms with van der Waals surface area (Å²) in [5.41, 5.74) is 0.0988. The lowest BCUT2D eigenvalue weighted by Gasteiger charge is -2.59. The van der Waals surface area contributed by atoms with Crippen LogP contribution >= 0.6 is 0 Å². The first-order valence-electron chi connectivity index (χ1n) is 5.97.